The van der Waals surface area contributed by atoms with Crippen molar-refractivity contribution in [1.29, 1.82) is 0 Å². The van der Waals surface area contributed by atoms with E-state index in [1.54, 1.807) is 0 Å². The second kappa shape index (κ2) is 7.75. The molecule has 1 aromatic rings. The van der Waals surface area contributed by atoms with Gasteiger partial charge in [0.2, 0.25) is 0 Å². The molecule has 4 nitrogen and oxygen atoms in total. The lowest BCUT2D eigenvalue weighted by Crippen LogP contribution is -2.40. The second-order valence-corrected chi connectivity index (χ2v) is 7.00. The van der Waals surface area contributed by atoms with Gasteiger partial charge in [-0.15, -0.1) is 0 Å². The molecule has 1 N–H and O–H groups in total. The molecule has 1 fully saturated rings. The standard InChI is InChI=1S/C16H29BrN4/c1-5-14-16(17)15(21(6-2)19-14)11-20-9-7-8-13(20)10-18-12(3)4/h12-13,18H,5-11H2,1-4H3. The van der Waals surface area contributed by atoms with E-state index in [2.05, 4.69) is 58.5 Å². The minimum absolute atomic E-state index is 0.562. The third kappa shape index (κ3) is 4.08. The largest absolute Gasteiger partial charge is 0.313 e. The van der Waals surface area contributed by atoms with Gasteiger partial charge in [-0.3, -0.25) is 9.58 Å². The van der Waals surface area contributed by atoms with Crippen LogP contribution in [0.4, 0.5) is 0 Å². The molecule has 1 aromatic heterocycles. The number of hydrogen-bond donors (Lipinski definition) is 1. The summed E-state index contributed by atoms with van der Waals surface area (Å²) in [4.78, 5) is 2.61. The van der Waals surface area contributed by atoms with Gasteiger partial charge in [-0.1, -0.05) is 20.8 Å². The van der Waals surface area contributed by atoms with Gasteiger partial charge in [0.05, 0.1) is 15.9 Å². The predicted octanol–water partition coefficient (Wildman–Crippen LogP) is 3.19. The Labute approximate surface area is 137 Å². The zero-order chi connectivity index (χ0) is 15.4. The zero-order valence-corrected chi connectivity index (χ0v) is 15.4. The number of nitrogens with one attached hydrogen (secondary N) is 1. The molecule has 0 aromatic carbocycles. The van der Waals surface area contributed by atoms with Crippen molar-refractivity contribution in [3.63, 3.8) is 0 Å². The molecule has 2 rings (SSSR count). The molecular weight excluding hydrogens is 328 g/mol. The molecule has 2 heterocycles. The van der Waals surface area contributed by atoms with Gasteiger partial charge in [-0.2, -0.15) is 5.10 Å². The summed E-state index contributed by atoms with van der Waals surface area (Å²) in [6.45, 7) is 13.0. The minimum Gasteiger partial charge on any atom is -0.313 e. The molecule has 0 saturated carbocycles. The van der Waals surface area contributed by atoms with E-state index in [-0.39, 0.29) is 0 Å². The van der Waals surface area contributed by atoms with Crippen molar-refractivity contribution in [2.24, 2.45) is 0 Å². The van der Waals surface area contributed by atoms with Gasteiger partial charge in [0.1, 0.15) is 0 Å². The van der Waals surface area contributed by atoms with Crippen LogP contribution in [0.25, 0.3) is 0 Å². The molecule has 0 spiro atoms. The van der Waals surface area contributed by atoms with E-state index in [1.807, 2.05) is 0 Å². The average molecular weight is 357 g/mol. The van der Waals surface area contributed by atoms with E-state index in [0.29, 0.717) is 12.1 Å². The van der Waals surface area contributed by atoms with E-state index in [0.717, 1.165) is 26.1 Å². The topological polar surface area (TPSA) is 33.1 Å². The SMILES string of the molecule is CCc1nn(CC)c(CN2CCCC2CNC(C)C)c1Br. The summed E-state index contributed by atoms with van der Waals surface area (Å²) in [6.07, 6.45) is 3.60. The highest BCUT2D eigenvalue weighted by Crippen LogP contribution is 2.27. The van der Waals surface area contributed by atoms with Crippen molar-refractivity contribution < 1.29 is 0 Å². The first-order valence-corrected chi connectivity index (χ1v) is 9.07. The quantitative estimate of drug-likeness (QED) is 0.814. The average Bonchev–Trinajstić information content (AvgIpc) is 3.02. The molecule has 1 atom stereocenters. The van der Waals surface area contributed by atoms with Crippen LogP contribution < -0.4 is 5.32 Å². The maximum Gasteiger partial charge on any atom is 0.0767 e. The molecule has 21 heavy (non-hydrogen) atoms. The Hall–Kier alpha value is -0.390. The molecule has 1 aliphatic heterocycles. The van der Waals surface area contributed by atoms with Crippen molar-refractivity contribution in [2.75, 3.05) is 13.1 Å². The van der Waals surface area contributed by atoms with Crippen LogP contribution in [-0.2, 0) is 19.5 Å². The highest BCUT2D eigenvalue weighted by Gasteiger charge is 2.26. The molecule has 0 amide bonds. The molecule has 5 heteroatoms. The first kappa shape index (κ1) is 17.0. The Morgan fingerprint density at radius 2 is 2.14 bits per heavy atom. The van der Waals surface area contributed by atoms with Crippen LogP contribution in [0.2, 0.25) is 0 Å². The molecule has 1 unspecified atom stereocenters. The number of rotatable bonds is 7. The second-order valence-electron chi connectivity index (χ2n) is 6.21. The van der Waals surface area contributed by atoms with Crippen molar-refractivity contribution in [3.05, 3.63) is 15.9 Å². The number of aryl methyl sites for hydroxylation is 2. The number of aromatic nitrogens is 2. The summed E-state index contributed by atoms with van der Waals surface area (Å²) < 4.78 is 3.38. The minimum atomic E-state index is 0.562. The van der Waals surface area contributed by atoms with Crippen molar-refractivity contribution in [1.82, 2.24) is 20.0 Å². The Kier molecular flexibility index (Phi) is 6.26. The van der Waals surface area contributed by atoms with Gasteiger partial charge >= 0.3 is 0 Å². The third-order valence-corrected chi connectivity index (χ3v) is 5.22. The fraction of sp³-hybridized carbons (Fsp3) is 0.812. The van der Waals surface area contributed by atoms with Crippen LogP contribution in [0, 0.1) is 0 Å². The zero-order valence-electron chi connectivity index (χ0n) is 13.8. The van der Waals surface area contributed by atoms with E-state index >= 15 is 0 Å². The number of hydrogen-bond acceptors (Lipinski definition) is 3. The summed E-state index contributed by atoms with van der Waals surface area (Å²) in [5, 5.41) is 8.30. The van der Waals surface area contributed by atoms with Gasteiger partial charge < -0.3 is 5.32 Å². The van der Waals surface area contributed by atoms with Crippen LogP contribution >= 0.6 is 15.9 Å². The van der Waals surface area contributed by atoms with E-state index in [4.69, 9.17) is 5.10 Å². The molecule has 1 saturated heterocycles. The fourth-order valence-corrected chi connectivity index (χ4v) is 3.76. The fourth-order valence-electron chi connectivity index (χ4n) is 3.07. The summed E-state index contributed by atoms with van der Waals surface area (Å²) >= 11 is 3.77. The maximum atomic E-state index is 4.72. The lowest BCUT2D eigenvalue weighted by molar-refractivity contribution is 0.229. The van der Waals surface area contributed by atoms with Gasteiger partial charge in [0, 0.05) is 31.7 Å². The third-order valence-electron chi connectivity index (χ3n) is 4.31. The molecule has 1 aliphatic rings. The molecule has 0 aliphatic carbocycles. The normalized spacial score (nSPS) is 19.8. The molecule has 0 radical (unpaired) electrons. The summed E-state index contributed by atoms with van der Waals surface area (Å²) in [5.74, 6) is 0. The van der Waals surface area contributed by atoms with Gasteiger partial charge in [-0.25, -0.2) is 0 Å². The first-order valence-electron chi connectivity index (χ1n) is 8.28. The van der Waals surface area contributed by atoms with Crippen molar-refractivity contribution in [2.45, 2.75) is 72.1 Å². The Balaban J connectivity index is 2.08. The van der Waals surface area contributed by atoms with Gasteiger partial charge in [0.15, 0.2) is 0 Å². The van der Waals surface area contributed by atoms with Crippen LogP contribution in [0.15, 0.2) is 4.47 Å². The van der Waals surface area contributed by atoms with Crippen molar-refractivity contribution >= 4 is 15.9 Å². The van der Waals surface area contributed by atoms with Crippen LogP contribution in [-0.4, -0.2) is 39.9 Å². The summed E-state index contributed by atoms with van der Waals surface area (Å²) in [6, 6.07) is 1.22. The highest BCUT2D eigenvalue weighted by atomic mass is 79.9. The summed E-state index contributed by atoms with van der Waals surface area (Å²) in [7, 11) is 0. The van der Waals surface area contributed by atoms with Crippen LogP contribution in [0.5, 0.6) is 0 Å². The first-order chi connectivity index (χ1) is 10.1. The van der Waals surface area contributed by atoms with Crippen LogP contribution in [0.3, 0.4) is 0 Å². The lowest BCUT2D eigenvalue weighted by atomic mass is 10.2. The molecular formula is C16H29BrN4. The molecule has 0 bridgehead atoms. The number of halogens is 1. The van der Waals surface area contributed by atoms with Gasteiger partial charge in [0.25, 0.3) is 0 Å². The highest BCUT2D eigenvalue weighted by molar-refractivity contribution is 9.10. The van der Waals surface area contributed by atoms with E-state index < -0.39 is 0 Å². The number of nitrogens with zero attached hydrogens (tertiary/aromatic N) is 3. The Bertz CT molecular complexity index is 455. The predicted molar refractivity (Wildman–Crippen MR) is 91.5 cm³/mol. The maximum absolute atomic E-state index is 4.72. The van der Waals surface area contributed by atoms with Crippen molar-refractivity contribution in [3.8, 4) is 0 Å². The summed E-state index contributed by atoms with van der Waals surface area (Å²) in [5.41, 5.74) is 2.52. The smallest absolute Gasteiger partial charge is 0.0767 e. The Morgan fingerprint density at radius 3 is 2.76 bits per heavy atom. The van der Waals surface area contributed by atoms with E-state index in [1.165, 1.54) is 35.2 Å². The Morgan fingerprint density at radius 1 is 1.38 bits per heavy atom. The monoisotopic (exact) mass is 356 g/mol. The van der Waals surface area contributed by atoms with Crippen LogP contribution in [0.1, 0.15) is 51.9 Å². The lowest BCUT2D eigenvalue weighted by Gasteiger charge is -2.26. The number of likely N-dealkylation sites (tertiary alicyclic amines) is 1. The van der Waals surface area contributed by atoms with E-state index in [9.17, 15) is 0 Å². The van der Waals surface area contributed by atoms with Gasteiger partial charge in [-0.05, 0) is 48.7 Å². The molecule has 120 valence electrons.